The smallest absolute Gasteiger partial charge is 0.287 e. The number of hydrogen-bond donors (Lipinski definition) is 1. The van der Waals surface area contributed by atoms with E-state index in [1.165, 1.54) is 10.6 Å². The molecule has 0 bridgehead atoms. The van der Waals surface area contributed by atoms with Crippen molar-refractivity contribution in [2.75, 3.05) is 5.32 Å². The third-order valence-electron chi connectivity index (χ3n) is 3.82. The summed E-state index contributed by atoms with van der Waals surface area (Å²) in [6.07, 6.45) is 0. The molecule has 1 amide bonds. The van der Waals surface area contributed by atoms with Gasteiger partial charge >= 0.3 is 11.3 Å². The Morgan fingerprint density at radius 1 is 1.15 bits per heavy atom. The Labute approximate surface area is 162 Å². The minimum atomic E-state index is -0.930. The largest absolute Gasteiger partial charge is 0.310 e. The fourth-order valence-electron chi connectivity index (χ4n) is 2.55. The molecule has 1 N–H and O–H groups in total. The van der Waals surface area contributed by atoms with Crippen LogP contribution < -0.4 is 26.0 Å². The minimum absolute atomic E-state index is 0.165. The fourth-order valence-corrected chi connectivity index (χ4v) is 5.10. The van der Waals surface area contributed by atoms with Crippen LogP contribution in [0, 0.1) is 0 Å². The van der Waals surface area contributed by atoms with E-state index >= 15 is 0 Å². The molecule has 0 aliphatic heterocycles. The van der Waals surface area contributed by atoms with Gasteiger partial charge in [0.15, 0.2) is 6.54 Å². The molecule has 2 aromatic carbocycles. The molecule has 0 fully saturated rings. The topological polar surface area (TPSA) is 59.0 Å². The van der Waals surface area contributed by atoms with Crippen LogP contribution in [0.2, 0.25) is 0 Å². The Morgan fingerprint density at radius 2 is 1.69 bits per heavy atom. The van der Waals surface area contributed by atoms with Crippen molar-refractivity contribution in [2.45, 2.75) is 25.2 Å². The summed E-state index contributed by atoms with van der Waals surface area (Å²) in [5, 5.41) is 9.35. The average Bonchev–Trinajstić information content (AvgIpc) is 3.06. The molecule has 1 unspecified atom stereocenters. The van der Waals surface area contributed by atoms with Gasteiger partial charge in [-0.05, 0) is 29.1 Å². The molecule has 0 saturated heterocycles. The first-order valence-corrected chi connectivity index (χ1v) is 10.6. The van der Waals surface area contributed by atoms with E-state index in [0.717, 1.165) is 5.44 Å². The molecule has 0 saturated carbocycles. The summed E-state index contributed by atoms with van der Waals surface area (Å²) in [6.45, 7) is 4.43. The summed E-state index contributed by atoms with van der Waals surface area (Å²) < 4.78 is 7.33. The molecule has 0 aliphatic carbocycles. The number of nitrogens with one attached hydrogen (secondary N) is 1. The first-order chi connectivity index (χ1) is 12.6. The molecule has 0 radical (unpaired) electrons. The van der Waals surface area contributed by atoms with E-state index in [-0.39, 0.29) is 10.7 Å². The quantitative estimate of drug-likeness (QED) is 0.369. The summed E-state index contributed by atoms with van der Waals surface area (Å²) in [6, 6.07) is 20.5. The van der Waals surface area contributed by atoms with E-state index in [1.54, 1.807) is 6.92 Å². The molecule has 1 heterocycles. The van der Waals surface area contributed by atoms with Gasteiger partial charge in [0.2, 0.25) is 11.2 Å². The van der Waals surface area contributed by atoms with Crippen molar-refractivity contribution in [1.29, 1.82) is 0 Å². The van der Waals surface area contributed by atoms with Crippen molar-refractivity contribution in [2.24, 2.45) is 0 Å². The number of anilines is 1. The van der Waals surface area contributed by atoms with Crippen LogP contribution in [-0.2, 0) is 11.3 Å². The average molecular weight is 433 g/mol. The molecular formula is C19H20BrN3O2P+. The second-order valence-electron chi connectivity index (χ2n) is 5.65. The van der Waals surface area contributed by atoms with E-state index in [9.17, 15) is 4.79 Å². The lowest BCUT2D eigenvalue weighted by Gasteiger charge is -2.14. The monoisotopic (exact) mass is 432 g/mol. The lowest BCUT2D eigenvalue weighted by molar-refractivity contribution is -0.743. The standard InChI is InChI=1S/C19H19BrN3O2P/c1-3-23-19(18(25-22-23)21-17(24)14(2)20)26(15-10-6-4-7-11-15)16-12-8-5-9-13-16/h4-14H,3H2,1-2H3/p+1. The summed E-state index contributed by atoms with van der Waals surface area (Å²) in [4.78, 5) is 11.9. The number of nitrogens with zero attached hydrogens (tertiary/aromatic N) is 2. The molecule has 5 nitrogen and oxygen atoms in total. The van der Waals surface area contributed by atoms with Gasteiger partial charge in [-0.2, -0.15) is 0 Å². The summed E-state index contributed by atoms with van der Waals surface area (Å²) in [5.74, 6) is 0.240. The zero-order chi connectivity index (χ0) is 18.5. The van der Waals surface area contributed by atoms with Gasteiger partial charge in [-0.3, -0.25) is 14.6 Å². The highest BCUT2D eigenvalue weighted by atomic mass is 79.9. The van der Waals surface area contributed by atoms with Gasteiger partial charge < -0.3 is 0 Å². The van der Waals surface area contributed by atoms with E-state index in [4.69, 9.17) is 4.52 Å². The van der Waals surface area contributed by atoms with Crippen LogP contribution in [0.1, 0.15) is 13.8 Å². The Balaban J connectivity index is 2.15. The normalized spacial score (nSPS) is 12.2. The lowest BCUT2D eigenvalue weighted by atomic mass is 10.4. The van der Waals surface area contributed by atoms with Crippen LogP contribution >= 0.6 is 23.9 Å². The van der Waals surface area contributed by atoms with Crippen LogP contribution in [0.25, 0.3) is 0 Å². The molecule has 1 aromatic heterocycles. The van der Waals surface area contributed by atoms with Crippen molar-refractivity contribution >= 4 is 51.7 Å². The molecule has 1 atom stereocenters. The van der Waals surface area contributed by atoms with Crippen molar-refractivity contribution in [3.05, 3.63) is 60.7 Å². The predicted octanol–water partition coefficient (Wildman–Crippen LogP) is 2.46. The number of carbonyl (C=O) groups is 1. The van der Waals surface area contributed by atoms with Gasteiger partial charge in [0.05, 0.1) is 12.7 Å². The van der Waals surface area contributed by atoms with E-state index in [2.05, 4.69) is 50.8 Å². The minimum Gasteiger partial charge on any atom is -0.287 e. The Morgan fingerprint density at radius 3 is 2.15 bits per heavy atom. The molecule has 0 spiro atoms. The lowest BCUT2D eigenvalue weighted by Crippen LogP contribution is -2.50. The Hall–Kier alpha value is -2.04. The first-order valence-electron chi connectivity index (χ1n) is 8.36. The van der Waals surface area contributed by atoms with Gasteiger partial charge in [-0.15, -0.1) is 0 Å². The van der Waals surface area contributed by atoms with Crippen molar-refractivity contribution in [3.63, 3.8) is 0 Å². The number of aryl methyl sites for hydroxylation is 1. The molecule has 134 valence electrons. The number of amides is 1. The van der Waals surface area contributed by atoms with E-state index < -0.39 is 7.92 Å². The van der Waals surface area contributed by atoms with Gasteiger partial charge in [0, 0.05) is 0 Å². The third kappa shape index (κ3) is 4.02. The zero-order valence-corrected chi connectivity index (χ0v) is 17.1. The van der Waals surface area contributed by atoms with Gasteiger partial charge in [0.25, 0.3) is 0 Å². The maximum atomic E-state index is 12.2. The van der Waals surface area contributed by atoms with Crippen molar-refractivity contribution < 1.29 is 14.0 Å². The van der Waals surface area contributed by atoms with E-state index in [1.807, 2.05) is 48.0 Å². The summed E-state index contributed by atoms with van der Waals surface area (Å²) in [5.41, 5.74) is 0.890. The predicted molar refractivity (Wildman–Crippen MR) is 108 cm³/mol. The second kappa shape index (κ2) is 8.56. The number of alkyl halides is 1. The Bertz CT molecular complexity index is 830. The van der Waals surface area contributed by atoms with Crippen molar-refractivity contribution in [3.8, 4) is 0 Å². The summed E-state index contributed by atoms with van der Waals surface area (Å²) >= 11 is 3.30. The second-order valence-corrected chi connectivity index (χ2v) is 9.15. The molecule has 3 rings (SSSR count). The number of aromatic nitrogens is 2. The van der Waals surface area contributed by atoms with Crippen LogP contribution in [0.5, 0.6) is 0 Å². The van der Waals surface area contributed by atoms with Crippen LogP contribution in [-0.4, -0.2) is 16.0 Å². The number of carbonyl (C=O) groups excluding carboxylic acids is 1. The SMILES string of the molecule is CC[n+]1noc(NC(=O)C(C)Br)c1P(c1ccccc1)c1ccccc1. The van der Waals surface area contributed by atoms with Crippen LogP contribution in [0.3, 0.4) is 0 Å². The summed E-state index contributed by atoms with van der Waals surface area (Å²) in [7, 11) is -0.930. The Kier molecular flexibility index (Phi) is 6.17. The van der Waals surface area contributed by atoms with Gasteiger partial charge in [0.1, 0.15) is 0 Å². The molecule has 26 heavy (non-hydrogen) atoms. The zero-order valence-electron chi connectivity index (χ0n) is 14.6. The van der Waals surface area contributed by atoms with Crippen LogP contribution in [0.15, 0.2) is 65.2 Å². The molecule has 7 heteroatoms. The number of benzene rings is 2. The number of halogens is 1. The molecular weight excluding hydrogens is 413 g/mol. The maximum absolute atomic E-state index is 12.2. The van der Waals surface area contributed by atoms with Crippen molar-refractivity contribution in [1.82, 2.24) is 5.27 Å². The maximum Gasteiger partial charge on any atom is 0.310 e. The van der Waals surface area contributed by atoms with E-state index in [0.29, 0.717) is 12.4 Å². The number of rotatable bonds is 6. The van der Waals surface area contributed by atoms with Crippen LogP contribution in [0.4, 0.5) is 5.88 Å². The molecule has 0 aliphatic rings. The van der Waals surface area contributed by atoms with Gasteiger partial charge in [-0.1, -0.05) is 76.6 Å². The van der Waals surface area contributed by atoms with Gasteiger partial charge in [-0.25, -0.2) is 0 Å². The first kappa shape index (κ1) is 18.7. The number of hydrogen-bond acceptors (Lipinski definition) is 3. The third-order valence-corrected chi connectivity index (χ3v) is 6.72. The highest BCUT2D eigenvalue weighted by Gasteiger charge is 2.35. The highest BCUT2D eigenvalue weighted by molar-refractivity contribution is 9.10. The fraction of sp³-hybridized carbons (Fsp3) is 0.211. The molecule has 3 aromatic rings. The highest BCUT2D eigenvalue weighted by Crippen LogP contribution is 2.34.